The number of carbonyl (C=O) groups excluding carboxylic acids is 2. The van der Waals surface area contributed by atoms with Gasteiger partial charge >= 0.3 is 0 Å². The number of hydrogen-bond donors (Lipinski definition) is 2. The van der Waals surface area contributed by atoms with Crippen molar-refractivity contribution >= 4 is 11.6 Å². The number of ketones is 2. The highest BCUT2D eigenvalue weighted by molar-refractivity contribution is 5.92. The number of allylic oxidation sites excluding steroid dienone is 2. The van der Waals surface area contributed by atoms with Crippen molar-refractivity contribution in [3.8, 4) is 0 Å². The zero-order valence-electron chi connectivity index (χ0n) is 26.8. The maximum absolute atomic E-state index is 11.8. The Labute approximate surface area is 254 Å². The molecule has 4 nitrogen and oxygen atoms in total. The number of rotatable bonds is 0. The molecule has 4 heteroatoms. The minimum Gasteiger partial charge on any atom is -0.393 e. The van der Waals surface area contributed by atoms with Crippen LogP contribution < -0.4 is 0 Å². The molecule has 232 valence electrons. The minimum absolute atomic E-state index is 0.0823. The molecule has 8 aliphatic carbocycles. The summed E-state index contributed by atoms with van der Waals surface area (Å²) < 4.78 is 0. The molecular formula is C38H56O4. The first-order valence-corrected chi connectivity index (χ1v) is 17.7. The summed E-state index contributed by atoms with van der Waals surface area (Å²) in [5.74, 6) is 5.15. The smallest absolute Gasteiger partial charge is 0.155 e. The predicted molar refractivity (Wildman–Crippen MR) is 165 cm³/mol. The molecule has 0 bridgehead atoms. The van der Waals surface area contributed by atoms with Crippen LogP contribution in [0.2, 0.25) is 0 Å². The van der Waals surface area contributed by atoms with Gasteiger partial charge in [-0.05, 0) is 159 Å². The maximum atomic E-state index is 11.8. The molecule has 0 radical (unpaired) electrons. The summed E-state index contributed by atoms with van der Waals surface area (Å²) in [6, 6.07) is 0. The number of aliphatic hydroxyl groups excluding tert-OH is 2. The van der Waals surface area contributed by atoms with Gasteiger partial charge in [-0.25, -0.2) is 0 Å². The van der Waals surface area contributed by atoms with E-state index >= 15 is 0 Å². The third-order valence-corrected chi connectivity index (χ3v) is 15.8. The molecule has 0 heterocycles. The highest BCUT2D eigenvalue weighted by Gasteiger charge is 2.60. The van der Waals surface area contributed by atoms with Gasteiger partial charge in [-0.3, -0.25) is 9.59 Å². The van der Waals surface area contributed by atoms with E-state index in [2.05, 4.69) is 27.7 Å². The van der Waals surface area contributed by atoms with E-state index in [1.54, 1.807) is 0 Å². The Morgan fingerprint density at radius 3 is 1.33 bits per heavy atom. The lowest BCUT2D eigenvalue weighted by Crippen LogP contribution is -2.51. The lowest BCUT2D eigenvalue weighted by molar-refractivity contribution is -0.118. The molecule has 12 atom stereocenters. The maximum Gasteiger partial charge on any atom is 0.155 e. The normalized spacial score (nSPS) is 52.7. The van der Waals surface area contributed by atoms with Gasteiger partial charge in [0.05, 0.1) is 12.2 Å². The van der Waals surface area contributed by atoms with Gasteiger partial charge in [0.1, 0.15) is 0 Å². The SMILES string of the molecule is C[C@]12CC[C@H]3[C@@H](CCC4=CC(=O)CC[C@@]43C)[C@@H]1CC[C@@H]2O.C[C@]12CC[C@H]3[C@@H](CCC4=CC(=O)CC[C@@]43C)[C@@H]1CC[C@@H]2O. The first-order chi connectivity index (χ1) is 19.9. The van der Waals surface area contributed by atoms with Crippen LogP contribution in [0.15, 0.2) is 23.3 Å². The van der Waals surface area contributed by atoms with Crippen molar-refractivity contribution in [3.05, 3.63) is 23.3 Å². The van der Waals surface area contributed by atoms with E-state index in [1.807, 2.05) is 12.2 Å². The number of carbonyl (C=O) groups is 2. The molecule has 0 aliphatic heterocycles. The van der Waals surface area contributed by atoms with Crippen molar-refractivity contribution < 1.29 is 19.8 Å². The number of aliphatic hydroxyl groups is 2. The molecule has 6 saturated carbocycles. The Morgan fingerprint density at radius 1 is 0.524 bits per heavy atom. The molecule has 0 unspecified atom stereocenters. The second kappa shape index (κ2) is 10.1. The summed E-state index contributed by atoms with van der Waals surface area (Å²) >= 11 is 0. The van der Waals surface area contributed by atoms with Gasteiger partial charge in [0.15, 0.2) is 11.6 Å². The Bertz CT molecular complexity index is 1110. The highest BCUT2D eigenvalue weighted by Crippen LogP contribution is 2.66. The van der Waals surface area contributed by atoms with Crippen molar-refractivity contribution in [2.24, 2.45) is 57.2 Å². The summed E-state index contributed by atoms with van der Waals surface area (Å²) in [5, 5.41) is 20.9. The fraction of sp³-hybridized carbons (Fsp3) is 0.842. The van der Waals surface area contributed by atoms with Crippen LogP contribution in [-0.4, -0.2) is 34.0 Å². The van der Waals surface area contributed by atoms with Gasteiger partial charge in [0.25, 0.3) is 0 Å². The molecule has 2 N–H and O–H groups in total. The monoisotopic (exact) mass is 576 g/mol. The highest BCUT2D eigenvalue weighted by atomic mass is 16.3. The molecule has 0 aromatic rings. The Hall–Kier alpha value is -1.26. The summed E-state index contributed by atoms with van der Waals surface area (Å²) in [5.41, 5.74) is 3.77. The van der Waals surface area contributed by atoms with Crippen LogP contribution in [0, 0.1) is 57.2 Å². The Morgan fingerprint density at radius 2 is 0.929 bits per heavy atom. The first kappa shape index (κ1) is 29.5. The van der Waals surface area contributed by atoms with Gasteiger partial charge in [-0.2, -0.15) is 0 Å². The molecule has 0 saturated heterocycles. The molecule has 42 heavy (non-hydrogen) atoms. The lowest BCUT2D eigenvalue weighted by atomic mass is 9.47. The molecule has 6 fully saturated rings. The zero-order valence-corrected chi connectivity index (χ0v) is 26.8. The van der Waals surface area contributed by atoms with E-state index < -0.39 is 0 Å². The topological polar surface area (TPSA) is 74.6 Å². The van der Waals surface area contributed by atoms with Gasteiger partial charge < -0.3 is 10.2 Å². The molecule has 0 aromatic heterocycles. The van der Waals surface area contributed by atoms with Gasteiger partial charge in [-0.1, -0.05) is 38.8 Å². The lowest BCUT2D eigenvalue weighted by Gasteiger charge is -2.57. The van der Waals surface area contributed by atoms with Gasteiger partial charge in [0, 0.05) is 12.8 Å². The van der Waals surface area contributed by atoms with Crippen LogP contribution in [0.25, 0.3) is 0 Å². The van der Waals surface area contributed by atoms with E-state index in [0.29, 0.717) is 23.4 Å². The van der Waals surface area contributed by atoms with Crippen molar-refractivity contribution in [2.45, 2.75) is 143 Å². The fourth-order valence-corrected chi connectivity index (χ4v) is 13.1. The van der Waals surface area contributed by atoms with Crippen molar-refractivity contribution in [3.63, 3.8) is 0 Å². The van der Waals surface area contributed by atoms with E-state index in [0.717, 1.165) is 75.0 Å². The summed E-state index contributed by atoms with van der Waals surface area (Å²) in [7, 11) is 0. The van der Waals surface area contributed by atoms with E-state index in [9.17, 15) is 19.8 Å². The number of fused-ring (bicyclic) bond motifs is 10. The second-order valence-electron chi connectivity index (χ2n) is 17.2. The quantitative estimate of drug-likeness (QED) is 0.309. The van der Waals surface area contributed by atoms with Gasteiger partial charge in [-0.15, -0.1) is 0 Å². The molecule has 0 amide bonds. The first-order valence-electron chi connectivity index (χ1n) is 17.7. The molecule has 8 rings (SSSR count). The van der Waals surface area contributed by atoms with Crippen molar-refractivity contribution in [1.82, 2.24) is 0 Å². The second-order valence-corrected chi connectivity index (χ2v) is 17.2. The minimum atomic E-state index is -0.0823. The Kier molecular flexibility index (Phi) is 7.10. The van der Waals surface area contributed by atoms with Gasteiger partial charge in [0.2, 0.25) is 0 Å². The standard InChI is InChI=1S/2C19H28O2/c2*1-18-9-7-13(20)11-12(18)3-4-14-15-5-6-17(21)19(15,2)10-8-16(14)18/h2*11,14-17,21H,3-10H2,1-2H3/t2*14-,15-,16-,17-,18-,19-/m00/s1. The molecular weight excluding hydrogens is 520 g/mol. The van der Waals surface area contributed by atoms with Crippen molar-refractivity contribution in [2.75, 3.05) is 0 Å². The largest absolute Gasteiger partial charge is 0.393 e. The summed E-state index contributed by atoms with van der Waals surface area (Å²) in [6.07, 6.45) is 21.4. The van der Waals surface area contributed by atoms with Crippen LogP contribution in [0.4, 0.5) is 0 Å². The van der Waals surface area contributed by atoms with Crippen LogP contribution in [0.1, 0.15) is 130 Å². The fourth-order valence-electron chi connectivity index (χ4n) is 13.1. The zero-order chi connectivity index (χ0) is 29.7. The Balaban J connectivity index is 0.000000137. The molecule has 8 aliphatic rings. The van der Waals surface area contributed by atoms with E-state index in [1.165, 1.54) is 62.5 Å². The average Bonchev–Trinajstić information content (AvgIpc) is 3.44. The molecule has 0 aromatic carbocycles. The third-order valence-electron chi connectivity index (χ3n) is 15.8. The summed E-state index contributed by atoms with van der Waals surface area (Å²) in [6.45, 7) is 9.53. The summed E-state index contributed by atoms with van der Waals surface area (Å²) in [4.78, 5) is 23.6. The van der Waals surface area contributed by atoms with E-state index in [4.69, 9.17) is 0 Å². The van der Waals surface area contributed by atoms with Crippen LogP contribution in [0.5, 0.6) is 0 Å². The third kappa shape index (κ3) is 4.19. The van der Waals surface area contributed by atoms with E-state index in [-0.39, 0.29) is 33.9 Å². The molecule has 0 spiro atoms. The van der Waals surface area contributed by atoms with Crippen LogP contribution in [-0.2, 0) is 9.59 Å². The average molecular weight is 577 g/mol. The number of hydrogen-bond acceptors (Lipinski definition) is 4. The van der Waals surface area contributed by atoms with Crippen LogP contribution in [0.3, 0.4) is 0 Å². The predicted octanol–water partition coefficient (Wildman–Crippen LogP) is 7.76. The van der Waals surface area contributed by atoms with Crippen LogP contribution >= 0.6 is 0 Å². The van der Waals surface area contributed by atoms with Crippen molar-refractivity contribution in [1.29, 1.82) is 0 Å².